The van der Waals surface area contributed by atoms with Crippen molar-refractivity contribution >= 4 is 23.4 Å². The average Bonchev–Trinajstić information content (AvgIpc) is 2.27. The van der Waals surface area contributed by atoms with Crippen molar-refractivity contribution in [2.75, 3.05) is 11.6 Å². The Bertz CT molecular complexity index is 446. The van der Waals surface area contributed by atoms with Gasteiger partial charge in [-0.1, -0.05) is 6.07 Å². The summed E-state index contributed by atoms with van der Waals surface area (Å²) in [5.41, 5.74) is 2.38. The fourth-order valence-corrected chi connectivity index (χ4v) is 1.55. The standard InChI is InChI=1S/C11H13F3N2OS/c1-10(15,11(12,13)14)9(17)16-7-4-3-5-8(6-7)18-2/h3-6H,15H2,1-2H3,(H,16,17)/t10-/m1/s1. The molecule has 0 spiro atoms. The van der Waals surface area contributed by atoms with E-state index in [4.69, 9.17) is 5.73 Å². The van der Waals surface area contributed by atoms with E-state index in [-0.39, 0.29) is 5.69 Å². The molecule has 1 amide bonds. The predicted molar refractivity (Wildman–Crippen MR) is 65.5 cm³/mol. The Labute approximate surface area is 107 Å². The van der Waals surface area contributed by atoms with E-state index in [1.807, 2.05) is 6.26 Å². The molecule has 1 atom stereocenters. The van der Waals surface area contributed by atoms with Crippen molar-refractivity contribution in [2.45, 2.75) is 23.5 Å². The number of alkyl halides is 3. The van der Waals surface area contributed by atoms with Crippen LogP contribution in [0.2, 0.25) is 0 Å². The van der Waals surface area contributed by atoms with Gasteiger partial charge < -0.3 is 11.1 Å². The van der Waals surface area contributed by atoms with Crippen molar-refractivity contribution in [3.8, 4) is 0 Å². The summed E-state index contributed by atoms with van der Waals surface area (Å²) in [7, 11) is 0. The van der Waals surface area contributed by atoms with Crippen LogP contribution >= 0.6 is 11.8 Å². The minimum Gasteiger partial charge on any atom is -0.324 e. The molecule has 0 unspecified atom stereocenters. The highest BCUT2D eigenvalue weighted by atomic mass is 32.2. The van der Waals surface area contributed by atoms with Crippen LogP contribution in [0.1, 0.15) is 6.92 Å². The second kappa shape index (κ2) is 5.19. The van der Waals surface area contributed by atoms with Gasteiger partial charge in [-0.3, -0.25) is 4.79 Å². The van der Waals surface area contributed by atoms with Crippen LogP contribution in [-0.2, 0) is 4.79 Å². The summed E-state index contributed by atoms with van der Waals surface area (Å²) in [5, 5.41) is 2.17. The minimum atomic E-state index is -4.80. The quantitative estimate of drug-likeness (QED) is 0.836. The zero-order valence-electron chi connectivity index (χ0n) is 9.84. The Hall–Kier alpha value is -1.21. The first-order chi connectivity index (χ1) is 8.18. The van der Waals surface area contributed by atoms with E-state index in [0.29, 0.717) is 6.92 Å². The molecule has 0 aromatic heterocycles. The summed E-state index contributed by atoms with van der Waals surface area (Å²) in [6, 6.07) is 6.51. The molecule has 7 heteroatoms. The number of anilines is 1. The molecule has 0 aliphatic heterocycles. The van der Waals surface area contributed by atoms with Crippen LogP contribution in [0.4, 0.5) is 18.9 Å². The van der Waals surface area contributed by atoms with Crippen LogP contribution in [0.5, 0.6) is 0 Å². The maximum Gasteiger partial charge on any atom is 0.415 e. The number of hydrogen-bond donors (Lipinski definition) is 2. The maximum absolute atomic E-state index is 12.5. The number of carbonyl (C=O) groups excluding carboxylic acids is 1. The molecular weight excluding hydrogens is 265 g/mol. The Morgan fingerprint density at radius 3 is 2.50 bits per heavy atom. The van der Waals surface area contributed by atoms with Gasteiger partial charge in [0.2, 0.25) is 0 Å². The number of carbonyl (C=O) groups is 1. The third-order valence-corrected chi connectivity index (χ3v) is 3.11. The van der Waals surface area contributed by atoms with Crippen molar-refractivity contribution in [3.05, 3.63) is 24.3 Å². The molecule has 0 saturated heterocycles. The van der Waals surface area contributed by atoms with E-state index in [1.54, 1.807) is 18.2 Å². The molecule has 0 radical (unpaired) electrons. The van der Waals surface area contributed by atoms with Gasteiger partial charge in [-0.2, -0.15) is 13.2 Å². The lowest BCUT2D eigenvalue weighted by atomic mass is 10.0. The van der Waals surface area contributed by atoms with Gasteiger partial charge in [0.05, 0.1) is 0 Å². The highest BCUT2D eigenvalue weighted by Crippen LogP contribution is 2.29. The lowest BCUT2D eigenvalue weighted by Crippen LogP contribution is -2.59. The van der Waals surface area contributed by atoms with Crippen molar-refractivity contribution in [3.63, 3.8) is 0 Å². The first-order valence-corrected chi connectivity index (χ1v) is 6.22. The van der Waals surface area contributed by atoms with Gasteiger partial charge in [-0.05, 0) is 31.4 Å². The Kier molecular flexibility index (Phi) is 4.28. The SMILES string of the molecule is CSc1cccc(NC(=O)[C@@](C)(N)C(F)(F)F)c1. The summed E-state index contributed by atoms with van der Waals surface area (Å²) >= 11 is 1.42. The molecule has 0 fully saturated rings. The number of benzene rings is 1. The van der Waals surface area contributed by atoms with E-state index >= 15 is 0 Å². The van der Waals surface area contributed by atoms with Gasteiger partial charge in [0, 0.05) is 10.6 Å². The van der Waals surface area contributed by atoms with E-state index in [2.05, 4.69) is 5.32 Å². The molecule has 18 heavy (non-hydrogen) atoms. The van der Waals surface area contributed by atoms with Crippen LogP contribution in [-0.4, -0.2) is 23.9 Å². The molecule has 0 aliphatic rings. The number of halogens is 3. The van der Waals surface area contributed by atoms with E-state index < -0.39 is 17.6 Å². The van der Waals surface area contributed by atoms with Crippen molar-refractivity contribution in [1.82, 2.24) is 0 Å². The predicted octanol–water partition coefficient (Wildman–Crippen LogP) is 2.63. The summed E-state index contributed by atoms with van der Waals surface area (Å²) in [4.78, 5) is 12.3. The monoisotopic (exact) mass is 278 g/mol. The summed E-state index contributed by atoms with van der Waals surface area (Å²) in [5.74, 6) is -1.28. The lowest BCUT2D eigenvalue weighted by molar-refractivity contribution is -0.184. The highest BCUT2D eigenvalue weighted by Gasteiger charge is 2.53. The first-order valence-electron chi connectivity index (χ1n) is 4.99. The Morgan fingerprint density at radius 1 is 1.39 bits per heavy atom. The number of hydrogen-bond acceptors (Lipinski definition) is 3. The zero-order valence-corrected chi connectivity index (χ0v) is 10.7. The van der Waals surface area contributed by atoms with Gasteiger partial charge in [0.1, 0.15) is 0 Å². The van der Waals surface area contributed by atoms with Crippen LogP contribution < -0.4 is 11.1 Å². The molecule has 1 aromatic rings. The van der Waals surface area contributed by atoms with Gasteiger partial charge in [-0.25, -0.2) is 0 Å². The van der Waals surface area contributed by atoms with Crippen LogP contribution in [0.15, 0.2) is 29.2 Å². The van der Waals surface area contributed by atoms with E-state index in [1.165, 1.54) is 17.8 Å². The molecule has 3 N–H and O–H groups in total. The molecule has 0 aliphatic carbocycles. The molecular formula is C11H13F3N2OS. The van der Waals surface area contributed by atoms with E-state index in [0.717, 1.165) is 4.90 Å². The maximum atomic E-state index is 12.5. The average molecular weight is 278 g/mol. The Morgan fingerprint density at radius 2 is 2.00 bits per heavy atom. The second-order valence-electron chi connectivity index (χ2n) is 3.89. The fraction of sp³-hybridized carbons (Fsp3) is 0.364. The number of rotatable bonds is 3. The Balaban J connectivity index is 2.88. The van der Waals surface area contributed by atoms with Crippen molar-refractivity contribution in [2.24, 2.45) is 5.73 Å². The fourth-order valence-electron chi connectivity index (χ4n) is 1.09. The molecule has 100 valence electrons. The molecule has 0 heterocycles. The number of nitrogens with two attached hydrogens (primary N) is 1. The smallest absolute Gasteiger partial charge is 0.324 e. The lowest BCUT2D eigenvalue weighted by Gasteiger charge is -2.26. The number of amides is 1. The second-order valence-corrected chi connectivity index (χ2v) is 4.77. The van der Waals surface area contributed by atoms with Crippen LogP contribution in [0.3, 0.4) is 0 Å². The topological polar surface area (TPSA) is 55.1 Å². The molecule has 0 saturated carbocycles. The number of thioether (sulfide) groups is 1. The first kappa shape index (κ1) is 14.8. The largest absolute Gasteiger partial charge is 0.415 e. The van der Waals surface area contributed by atoms with Gasteiger partial charge in [0.25, 0.3) is 5.91 Å². The zero-order chi connectivity index (χ0) is 14.0. The third-order valence-electron chi connectivity index (χ3n) is 2.39. The molecule has 1 aromatic carbocycles. The van der Waals surface area contributed by atoms with Gasteiger partial charge in [-0.15, -0.1) is 11.8 Å². The summed E-state index contributed by atoms with van der Waals surface area (Å²) in [6.07, 6.45) is -2.97. The van der Waals surface area contributed by atoms with Gasteiger partial charge >= 0.3 is 6.18 Å². The van der Waals surface area contributed by atoms with Gasteiger partial charge in [0.15, 0.2) is 5.54 Å². The molecule has 3 nitrogen and oxygen atoms in total. The highest BCUT2D eigenvalue weighted by molar-refractivity contribution is 7.98. The summed E-state index contributed by atoms with van der Waals surface area (Å²) < 4.78 is 37.6. The minimum absolute atomic E-state index is 0.285. The molecule has 1 rings (SSSR count). The van der Waals surface area contributed by atoms with E-state index in [9.17, 15) is 18.0 Å². The van der Waals surface area contributed by atoms with Crippen molar-refractivity contribution in [1.29, 1.82) is 0 Å². The number of nitrogens with one attached hydrogen (secondary N) is 1. The van der Waals surface area contributed by atoms with Crippen LogP contribution in [0.25, 0.3) is 0 Å². The van der Waals surface area contributed by atoms with Crippen LogP contribution in [0, 0.1) is 0 Å². The molecule has 0 bridgehead atoms. The summed E-state index contributed by atoms with van der Waals surface area (Å²) in [6.45, 7) is 0.640. The van der Waals surface area contributed by atoms with Crippen molar-refractivity contribution < 1.29 is 18.0 Å². The normalized spacial score (nSPS) is 15.0. The third kappa shape index (κ3) is 3.17.